The predicted octanol–water partition coefficient (Wildman–Crippen LogP) is 0.820. The van der Waals surface area contributed by atoms with Crippen molar-refractivity contribution in [2.24, 2.45) is 0 Å². The fourth-order valence-corrected chi connectivity index (χ4v) is 0.593. The van der Waals surface area contributed by atoms with E-state index in [1.807, 2.05) is 6.92 Å². The molecule has 1 aromatic heterocycles. The number of hydrogen-bond donors (Lipinski definition) is 1. The normalized spacial score (nSPS) is 8.45. The fraction of sp³-hybridized carbons (Fsp3) is 0.250. The molecule has 0 radical (unpaired) electrons. The summed E-state index contributed by atoms with van der Waals surface area (Å²) in [5.74, 6) is 6.09. The minimum absolute atomic E-state index is 0.284. The molecule has 0 saturated carbocycles. The second kappa shape index (κ2) is 3.57. The van der Waals surface area contributed by atoms with Gasteiger partial charge in [0.2, 0.25) is 5.95 Å². The van der Waals surface area contributed by atoms with E-state index in [0.717, 1.165) is 12.0 Å². The molecule has 3 nitrogen and oxygen atoms in total. The predicted molar refractivity (Wildman–Crippen MR) is 43.6 cm³/mol. The lowest BCUT2D eigenvalue weighted by atomic mass is 10.3. The van der Waals surface area contributed by atoms with Crippen LogP contribution in [0.3, 0.4) is 0 Å². The molecule has 0 spiro atoms. The van der Waals surface area contributed by atoms with Gasteiger partial charge in [0.25, 0.3) is 0 Å². The first-order valence-corrected chi connectivity index (χ1v) is 3.39. The standard InChI is InChI=1S/C8H9N3/c1-2-3-4-7-5-10-8(9)11-6-7/h5-6H,2H2,1H3,(H2,9,10,11). The first kappa shape index (κ1) is 7.55. The van der Waals surface area contributed by atoms with E-state index in [1.54, 1.807) is 12.4 Å². The third-order valence-corrected chi connectivity index (χ3v) is 1.08. The van der Waals surface area contributed by atoms with E-state index in [1.165, 1.54) is 0 Å². The van der Waals surface area contributed by atoms with Crippen LogP contribution in [0.1, 0.15) is 18.9 Å². The Kier molecular flexibility index (Phi) is 2.45. The molecule has 2 N–H and O–H groups in total. The smallest absolute Gasteiger partial charge is 0.219 e. The molecule has 1 rings (SSSR count). The second-order valence-corrected chi connectivity index (χ2v) is 1.99. The Bertz CT molecular complexity index is 278. The van der Waals surface area contributed by atoms with Crippen molar-refractivity contribution in [3.8, 4) is 11.8 Å². The van der Waals surface area contributed by atoms with Gasteiger partial charge < -0.3 is 5.73 Å². The summed E-state index contributed by atoms with van der Waals surface area (Å²) in [6.45, 7) is 1.99. The Morgan fingerprint density at radius 2 is 2.09 bits per heavy atom. The average Bonchev–Trinajstić information content (AvgIpc) is 2.04. The summed E-state index contributed by atoms with van der Waals surface area (Å²) < 4.78 is 0. The SMILES string of the molecule is CCC#Cc1cnc(N)nc1. The molecule has 0 aromatic carbocycles. The van der Waals surface area contributed by atoms with Crippen LogP contribution in [0.5, 0.6) is 0 Å². The summed E-state index contributed by atoms with van der Waals surface area (Å²) in [5.41, 5.74) is 6.09. The first-order chi connectivity index (χ1) is 5.33. The zero-order valence-corrected chi connectivity index (χ0v) is 6.33. The van der Waals surface area contributed by atoms with Crippen LogP contribution in [0.2, 0.25) is 0 Å². The number of hydrogen-bond acceptors (Lipinski definition) is 3. The van der Waals surface area contributed by atoms with E-state index < -0.39 is 0 Å². The maximum Gasteiger partial charge on any atom is 0.219 e. The van der Waals surface area contributed by atoms with Gasteiger partial charge in [-0.25, -0.2) is 9.97 Å². The highest BCUT2D eigenvalue weighted by atomic mass is 15.0. The largest absolute Gasteiger partial charge is 0.368 e. The second-order valence-electron chi connectivity index (χ2n) is 1.99. The van der Waals surface area contributed by atoms with Gasteiger partial charge in [-0.2, -0.15) is 0 Å². The molecular weight excluding hydrogens is 138 g/mol. The number of nitrogens with two attached hydrogens (primary N) is 1. The third-order valence-electron chi connectivity index (χ3n) is 1.08. The lowest BCUT2D eigenvalue weighted by molar-refractivity contribution is 1.17. The lowest BCUT2D eigenvalue weighted by Gasteiger charge is -1.89. The molecule has 1 aromatic rings. The summed E-state index contributed by atoms with van der Waals surface area (Å²) in [6.07, 6.45) is 4.07. The van der Waals surface area contributed by atoms with Crippen LogP contribution in [0.25, 0.3) is 0 Å². The van der Waals surface area contributed by atoms with Crippen LogP contribution < -0.4 is 5.73 Å². The Hall–Kier alpha value is -1.56. The summed E-state index contributed by atoms with van der Waals surface area (Å²) >= 11 is 0. The van der Waals surface area contributed by atoms with Crippen LogP contribution in [0.15, 0.2) is 12.4 Å². The monoisotopic (exact) mass is 147 g/mol. The highest BCUT2D eigenvalue weighted by Crippen LogP contribution is 1.93. The zero-order chi connectivity index (χ0) is 8.10. The Balaban J connectivity index is 2.82. The lowest BCUT2D eigenvalue weighted by Crippen LogP contribution is -1.93. The van der Waals surface area contributed by atoms with Gasteiger partial charge >= 0.3 is 0 Å². The summed E-state index contributed by atoms with van der Waals surface area (Å²) in [4.78, 5) is 7.59. The third kappa shape index (κ3) is 2.26. The van der Waals surface area contributed by atoms with Crippen molar-refractivity contribution in [1.29, 1.82) is 0 Å². The van der Waals surface area contributed by atoms with Crippen molar-refractivity contribution >= 4 is 5.95 Å². The van der Waals surface area contributed by atoms with Crippen molar-refractivity contribution in [3.05, 3.63) is 18.0 Å². The van der Waals surface area contributed by atoms with Crippen LogP contribution in [-0.4, -0.2) is 9.97 Å². The number of nitrogen functional groups attached to an aromatic ring is 1. The zero-order valence-electron chi connectivity index (χ0n) is 6.33. The highest BCUT2D eigenvalue weighted by Gasteiger charge is 1.87. The van der Waals surface area contributed by atoms with Gasteiger partial charge in [0.1, 0.15) is 0 Å². The molecule has 0 aliphatic carbocycles. The van der Waals surface area contributed by atoms with E-state index in [-0.39, 0.29) is 5.95 Å². The molecule has 0 amide bonds. The Morgan fingerprint density at radius 3 is 2.64 bits per heavy atom. The van der Waals surface area contributed by atoms with Crippen molar-refractivity contribution in [2.45, 2.75) is 13.3 Å². The van der Waals surface area contributed by atoms with Gasteiger partial charge in [-0.1, -0.05) is 18.8 Å². The van der Waals surface area contributed by atoms with Crippen LogP contribution in [0.4, 0.5) is 5.95 Å². The molecule has 3 heteroatoms. The van der Waals surface area contributed by atoms with Gasteiger partial charge in [0, 0.05) is 18.8 Å². The van der Waals surface area contributed by atoms with Crippen LogP contribution in [0, 0.1) is 11.8 Å². The maximum absolute atomic E-state index is 5.28. The van der Waals surface area contributed by atoms with Gasteiger partial charge in [-0.15, -0.1) is 0 Å². The van der Waals surface area contributed by atoms with E-state index in [9.17, 15) is 0 Å². The van der Waals surface area contributed by atoms with Gasteiger partial charge in [-0.05, 0) is 0 Å². The van der Waals surface area contributed by atoms with E-state index in [2.05, 4.69) is 21.8 Å². The number of aromatic nitrogens is 2. The van der Waals surface area contributed by atoms with Crippen molar-refractivity contribution in [1.82, 2.24) is 9.97 Å². The number of anilines is 1. The van der Waals surface area contributed by atoms with E-state index in [4.69, 9.17) is 5.73 Å². The van der Waals surface area contributed by atoms with Crippen molar-refractivity contribution < 1.29 is 0 Å². The number of nitrogens with zero attached hydrogens (tertiary/aromatic N) is 2. The molecule has 0 fully saturated rings. The number of rotatable bonds is 0. The quantitative estimate of drug-likeness (QED) is 0.553. The van der Waals surface area contributed by atoms with Gasteiger partial charge in [0.15, 0.2) is 0 Å². The minimum Gasteiger partial charge on any atom is -0.368 e. The van der Waals surface area contributed by atoms with Gasteiger partial charge in [-0.3, -0.25) is 0 Å². The van der Waals surface area contributed by atoms with E-state index in [0.29, 0.717) is 0 Å². The highest BCUT2D eigenvalue weighted by molar-refractivity contribution is 5.31. The topological polar surface area (TPSA) is 51.8 Å². The molecule has 1 heterocycles. The van der Waals surface area contributed by atoms with Gasteiger partial charge in [0.05, 0.1) is 5.56 Å². The molecule has 0 saturated heterocycles. The molecule has 56 valence electrons. The molecule has 0 unspecified atom stereocenters. The van der Waals surface area contributed by atoms with Crippen LogP contribution >= 0.6 is 0 Å². The molecule has 0 aliphatic rings. The maximum atomic E-state index is 5.28. The molecule has 0 aliphatic heterocycles. The molecule has 0 atom stereocenters. The first-order valence-electron chi connectivity index (χ1n) is 3.39. The molecular formula is C8H9N3. The van der Waals surface area contributed by atoms with E-state index >= 15 is 0 Å². The van der Waals surface area contributed by atoms with Crippen LogP contribution in [-0.2, 0) is 0 Å². The van der Waals surface area contributed by atoms with Crippen molar-refractivity contribution in [3.63, 3.8) is 0 Å². The minimum atomic E-state index is 0.284. The summed E-state index contributed by atoms with van der Waals surface area (Å²) in [6, 6.07) is 0. The Labute approximate surface area is 65.7 Å². The Morgan fingerprint density at radius 1 is 1.45 bits per heavy atom. The molecule has 11 heavy (non-hydrogen) atoms. The fourth-order valence-electron chi connectivity index (χ4n) is 0.593. The molecule has 0 bridgehead atoms. The van der Waals surface area contributed by atoms with Crippen molar-refractivity contribution in [2.75, 3.05) is 5.73 Å². The summed E-state index contributed by atoms with van der Waals surface area (Å²) in [7, 11) is 0. The average molecular weight is 147 g/mol. The summed E-state index contributed by atoms with van der Waals surface area (Å²) in [5, 5.41) is 0.